The minimum atomic E-state index is -1.77. The Labute approximate surface area is 240 Å². The van der Waals surface area contributed by atoms with E-state index in [1.807, 2.05) is 12.4 Å². The quantitative estimate of drug-likeness (QED) is 0.0252. The highest BCUT2D eigenvalue weighted by molar-refractivity contribution is 8.00. The van der Waals surface area contributed by atoms with Crippen LogP contribution in [0.2, 0.25) is 32.2 Å². The van der Waals surface area contributed by atoms with Gasteiger partial charge in [0.05, 0.1) is 59.5 Å². The summed E-state index contributed by atoms with van der Waals surface area (Å²) in [6, 6.07) is 1.23. The van der Waals surface area contributed by atoms with Gasteiger partial charge in [-0.25, -0.2) is 9.97 Å². The van der Waals surface area contributed by atoms with Gasteiger partial charge in [0.1, 0.15) is 0 Å². The van der Waals surface area contributed by atoms with E-state index in [9.17, 15) is 0 Å². The van der Waals surface area contributed by atoms with Gasteiger partial charge in [-0.2, -0.15) is 0 Å². The molecule has 1 heterocycles. The van der Waals surface area contributed by atoms with Crippen LogP contribution in [0.5, 0.6) is 0 Å². The summed E-state index contributed by atoms with van der Waals surface area (Å²) in [5, 5.41) is 5.19. The van der Waals surface area contributed by atoms with E-state index in [1.165, 1.54) is 18.9 Å². The molecule has 0 bridgehead atoms. The molecule has 0 amide bonds. The second-order valence-corrected chi connectivity index (χ2v) is 20.4. The van der Waals surface area contributed by atoms with E-state index < -0.39 is 16.6 Å². The second-order valence-electron chi connectivity index (χ2n) is 10.2. The van der Waals surface area contributed by atoms with Gasteiger partial charge in [0.15, 0.2) is 21.8 Å². The Bertz CT molecular complexity index is 789. The van der Waals surface area contributed by atoms with Crippen LogP contribution in [0.3, 0.4) is 0 Å². The molecule has 0 aliphatic rings. The van der Waals surface area contributed by atoms with Crippen LogP contribution in [0.15, 0.2) is 22.7 Å². The molecule has 224 valence electrons. The summed E-state index contributed by atoms with van der Waals surface area (Å²) in [6.45, 7) is 17.1. The number of hydrogen-bond donors (Lipinski definition) is 0. The Balaban J connectivity index is 1.99. The lowest BCUT2D eigenvalue weighted by molar-refractivity contribution is -0.0125. The summed E-state index contributed by atoms with van der Waals surface area (Å²) >= 11 is 1.69. The molecule has 14 heteroatoms. The average Bonchev–Trinajstić information content (AvgIpc) is 2.90. The molecule has 0 atom stereocenters. The third-order valence-corrected chi connectivity index (χ3v) is 15.1. The van der Waals surface area contributed by atoms with Crippen molar-refractivity contribution >= 4 is 28.4 Å². The fourth-order valence-corrected chi connectivity index (χ4v) is 14.0. The number of nitrogens with zero attached hydrogens (tertiary/aromatic N) is 5. The van der Waals surface area contributed by atoms with Crippen molar-refractivity contribution in [2.24, 2.45) is 5.11 Å². The largest absolute Gasteiger partial charge is 0.455 e. The zero-order valence-electron chi connectivity index (χ0n) is 24.6. The molecule has 0 aromatic carbocycles. The molecule has 0 unspecified atom stereocenters. The van der Waals surface area contributed by atoms with Gasteiger partial charge < -0.3 is 27.8 Å². The Morgan fingerprint density at radius 2 is 1.33 bits per heavy atom. The van der Waals surface area contributed by atoms with Crippen LogP contribution in [-0.2, 0) is 34.4 Å². The molecule has 0 aliphatic carbocycles. The molecule has 39 heavy (non-hydrogen) atoms. The molecule has 0 N–H and O–H groups in total. The number of rotatable bonds is 26. The highest BCUT2D eigenvalue weighted by Gasteiger charge is 2.32. The van der Waals surface area contributed by atoms with Crippen molar-refractivity contribution in [1.29, 1.82) is 0 Å². The maximum absolute atomic E-state index is 8.17. The van der Waals surface area contributed by atoms with E-state index in [1.54, 1.807) is 11.8 Å². The number of azide groups is 1. The predicted molar refractivity (Wildman–Crippen MR) is 160 cm³/mol. The summed E-state index contributed by atoms with van der Waals surface area (Å²) in [6.07, 6.45) is 6.86. The van der Waals surface area contributed by atoms with E-state index in [0.29, 0.717) is 79.0 Å². The first kappa shape index (κ1) is 36.0. The summed E-state index contributed by atoms with van der Waals surface area (Å²) in [5.74, 6) is 0. The molecule has 0 fully saturated rings. The van der Waals surface area contributed by atoms with Crippen LogP contribution >= 0.6 is 11.8 Å². The summed E-state index contributed by atoms with van der Waals surface area (Å²) < 4.78 is 34.1. The average molecular weight is 604 g/mol. The molecule has 11 nitrogen and oxygen atoms in total. The van der Waals surface area contributed by atoms with Crippen LogP contribution in [0.4, 0.5) is 0 Å². The van der Waals surface area contributed by atoms with E-state index in [2.05, 4.69) is 53.1 Å². The Kier molecular flexibility index (Phi) is 20.8. The zero-order chi connectivity index (χ0) is 28.7. The monoisotopic (exact) mass is 603 g/mol. The van der Waals surface area contributed by atoms with E-state index in [4.69, 9.17) is 33.3 Å². The number of unbranched alkanes of at least 4 members (excludes halogenated alkanes) is 1. The first-order valence-corrected chi connectivity index (χ1v) is 21.0. The molecular formula is C25H49N5O6SSi2. The van der Waals surface area contributed by atoms with Crippen LogP contribution in [0, 0.1) is 0 Å². The highest BCUT2D eigenvalue weighted by Crippen LogP contribution is 2.25. The maximum atomic E-state index is 8.17. The third kappa shape index (κ3) is 21.4. The molecule has 1 aromatic heterocycles. The van der Waals surface area contributed by atoms with Gasteiger partial charge in [-0.1, -0.05) is 36.6 Å². The molecule has 0 aliphatic heterocycles. The lowest BCUT2D eigenvalue weighted by atomic mass is 10.4. The van der Waals surface area contributed by atoms with Crippen LogP contribution in [-0.4, -0.2) is 98.0 Å². The van der Waals surface area contributed by atoms with Crippen molar-refractivity contribution in [2.75, 3.05) is 71.4 Å². The zero-order valence-corrected chi connectivity index (χ0v) is 27.4. The summed E-state index contributed by atoms with van der Waals surface area (Å²) in [5.41, 5.74) is 9.11. The van der Waals surface area contributed by atoms with E-state index in [-0.39, 0.29) is 0 Å². The van der Waals surface area contributed by atoms with E-state index >= 15 is 0 Å². The van der Waals surface area contributed by atoms with Gasteiger partial charge in [-0.05, 0) is 44.2 Å². The minimum absolute atomic E-state index is 0.456. The Morgan fingerprint density at radius 1 is 0.795 bits per heavy atom. The summed E-state index contributed by atoms with van der Waals surface area (Å²) in [7, 11) is -3.36. The molecule has 1 rings (SSSR count). The molecule has 1 aromatic rings. The van der Waals surface area contributed by atoms with Crippen molar-refractivity contribution in [3.05, 3.63) is 28.4 Å². The number of hydrogen-bond acceptors (Lipinski definition) is 10. The van der Waals surface area contributed by atoms with Crippen LogP contribution in [0.1, 0.15) is 31.7 Å². The van der Waals surface area contributed by atoms with Gasteiger partial charge in [-0.3, -0.25) is 0 Å². The fourth-order valence-electron chi connectivity index (χ4n) is 3.51. The standard InChI is InChI=1S/C25H49N5O6SSi2/c1-6-7-19-38(2,3)36-39(4,5)23-37-25-27-20-24(21-28-25)22-35-18-17-34-16-15-33-14-13-32-12-11-31-10-8-9-29-30-26/h20-21H,6-19,22-23H2,1-5H3. The number of thioether (sulfide) groups is 1. The van der Waals surface area contributed by atoms with Crippen molar-refractivity contribution in [2.45, 2.75) is 70.2 Å². The van der Waals surface area contributed by atoms with Crippen molar-refractivity contribution in [3.8, 4) is 0 Å². The second kappa shape index (κ2) is 22.6. The van der Waals surface area contributed by atoms with Gasteiger partial charge >= 0.3 is 0 Å². The van der Waals surface area contributed by atoms with Crippen LogP contribution in [0.25, 0.3) is 10.4 Å². The van der Waals surface area contributed by atoms with Gasteiger partial charge in [0.25, 0.3) is 0 Å². The fraction of sp³-hybridized carbons (Fsp3) is 0.840. The predicted octanol–water partition coefficient (Wildman–Crippen LogP) is 5.62. The molecule has 0 radical (unpaired) electrons. The SMILES string of the molecule is CCCC[Si](C)(C)O[Si](C)(C)CSc1ncc(COCCOCCOCCOCCOCCCN=[N+]=[N-])cn1. The first-order valence-electron chi connectivity index (χ1n) is 13.8. The van der Waals surface area contributed by atoms with Crippen LogP contribution < -0.4 is 0 Å². The molecule has 0 saturated heterocycles. The number of aromatic nitrogens is 2. The third-order valence-electron chi connectivity index (χ3n) is 5.28. The topological polar surface area (TPSA) is 130 Å². The van der Waals surface area contributed by atoms with Gasteiger partial charge in [-0.15, -0.1) is 0 Å². The van der Waals surface area contributed by atoms with E-state index in [0.717, 1.165) is 16.1 Å². The Morgan fingerprint density at radius 3 is 1.87 bits per heavy atom. The maximum Gasteiger partial charge on any atom is 0.187 e. The lowest BCUT2D eigenvalue weighted by Crippen LogP contribution is -2.46. The minimum Gasteiger partial charge on any atom is -0.455 e. The smallest absolute Gasteiger partial charge is 0.187 e. The van der Waals surface area contributed by atoms with Crippen molar-refractivity contribution in [1.82, 2.24) is 9.97 Å². The first-order chi connectivity index (χ1) is 18.8. The molecular weight excluding hydrogens is 555 g/mol. The number of ether oxygens (including phenoxy) is 5. The highest BCUT2D eigenvalue weighted by atomic mass is 32.2. The summed E-state index contributed by atoms with van der Waals surface area (Å²) in [4.78, 5) is 11.7. The van der Waals surface area contributed by atoms with Gasteiger partial charge in [0, 0.05) is 41.4 Å². The van der Waals surface area contributed by atoms with Crippen molar-refractivity contribution < 1.29 is 27.8 Å². The normalized spacial score (nSPS) is 12.0. The molecule has 0 spiro atoms. The lowest BCUT2D eigenvalue weighted by Gasteiger charge is -2.33. The Hall–Kier alpha value is -1.07. The van der Waals surface area contributed by atoms with Gasteiger partial charge in [0.2, 0.25) is 0 Å². The van der Waals surface area contributed by atoms with Crippen molar-refractivity contribution in [3.63, 3.8) is 0 Å². The molecule has 0 saturated carbocycles.